The first-order valence-electron chi connectivity index (χ1n) is 8.28. The van der Waals surface area contributed by atoms with Crippen LogP contribution in [0.3, 0.4) is 0 Å². The molecule has 1 aromatic carbocycles. The van der Waals surface area contributed by atoms with Crippen molar-refractivity contribution in [2.45, 2.75) is 58.3 Å². The van der Waals surface area contributed by atoms with Crippen molar-refractivity contribution in [3.63, 3.8) is 0 Å². The molecule has 2 fully saturated rings. The smallest absolute Gasteiger partial charge is 0.168 e. The molecule has 2 aliphatic rings. The average molecular weight is 418 g/mol. The fourth-order valence-electron chi connectivity index (χ4n) is 3.44. The monoisotopic (exact) mass is 418 g/mol. The first kappa shape index (κ1) is 18.2. The van der Waals surface area contributed by atoms with Gasteiger partial charge in [0.1, 0.15) is 29.1 Å². The minimum absolute atomic E-state index is 0.128. The van der Waals surface area contributed by atoms with Crippen molar-refractivity contribution >= 4 is 23.0 Å². The quantitative estimate of drug-likeness (QED) is 0.612. The van der Waals surface area contributed by atoms with E-state index >= 15 is 0 Å². The molecule has 0 radical (unpaired) electrons. The molecule has 1 aromatic rings. The van der Waals surface area contributed by atoms with Crippen LogP contribution >= 0.6 is 23.0 Å². The molecule has 1 saturated carbocycles. The van der Waals surface area contributed by atoms with Gasteiger partial charge in [-0.25, -0.2) is 0 Å². The first-order valence-corrected chi connectivity index (χ1v) is 9.16. The van der Waals surface area contributed by atoms with Crippen molar-refractivity contribution in [2.24, 2.45) is 5.41 Å². The molecule has 124 valence electrons. The lowest BCUT2D eigenvalue weighted by atomic mass is 9.68. The highest BCUT2D eigenvalue weighted by atomic mass is 127. The number of ether oxygens (including phenoxy) is 2. The standard InChI is InChI=1S/C16H21IO3.C2H6/c1-15(14(20-17)13-5-3-2-4-6-13)7-9-16(10-8-15)18-11-12-19-16;1-2/h2-6,14H,7-12H2,1H3;1-2H3. The van der Waals surface area contributed by atoms with Crippen molar-refractivity contribution in [1.29, 1.82) is 0 Å². The number of hydrogen-bond acceptors (Lipinski definition) is 3. The molecule has 0 N–H and O–H groups in total. The van der Waals surface area contributed by atoms with Crippen molar-refractivity contribution in [3.05, 3.63) is 35.9 Å². The van der Waals surface area contributed by atoms with Gasteiger partial charge < -0.3 is 12.5 Å². The van der Waals surface area contributed by atoms with Crippen LogP contribution in [-0.4, -0.2) is 19.0 Å². The van der Waals surface area contributed by atoms with E-state index in [1.165, 1.54) is 5.56 Å². The Bertz CT molecular complexity index is 433. The second kappa shape index (κ2) is 8.08. The van der Waals surface area contributed by atoms with Gasteiger partial charge >= 0.3 is 0 Å². The lowest BCUT2D eigenvalue weighted by Gasteiger charge is -2.44. The van der Waals surface area contributed by atoms with E-state index in [0.717, 1.165) is 38.9 Å². The molecule has 1 atom stereocenters. The van der Waals surface area contributed by atoms with Crippen LogP contribution in [0.15, 0.2) is 30.3 Å². The number of hydrogen-bond donors (Lipinski definition) is 0. The van der Waals surface area contributed by atoms with Crippen LogP contribution < -0.4 is 0 Å². The van der Waals surface area contributed by atoms with Crippen molar-refractivity contribution in [2.75, 3.05) is 13.2 Å². The Morgan fingerprint density at radius 3 is 2.05 bits per heavy atom. The van der Waals surface area contributed by atoms with E-state index in [9.17, 15) is 0 Å². The Morgan fingerprint density at radius 1 is 1.00 bits per heavy atom. The fourth-order valence-corrected chi connectivity index (χ4v) is 4.35. The fraction of sp³-hybridized carbons (Fsp3) is 0.667. The molecule has 4 heteroatoms. The van der Waals surface area contributed by atoms with E-state index in [1.54, 1.807) is 0 Å². The van der Waals surface area contributed by atoms with Gasteiger partial charge in [0.15, 0.2) is 5.79 Å². The van der Waals surface area contributed by atoms with Gasteiger partial charge in [-0.3, -0.25) is 0 Å². The molecule has 1 saturated heterocycles. The van der Waals surface area contributed by atoms with E-state index in [1.807, 2.05) is 42.9 Å². The van der Waals surface area contributed by atoms with Crippen molar-refractivity contribution in [3.8, 4) is 0 Å². The second-order valence-electron chi connectivity index (χ2n) is 6.14. The van der Waals surface area contributed by atoms with Gasteiger partial charge in [0, 0.05) is 12.8 Å². The zero-order valence-electron chi connectivity index (χ0n) is 13.8. The van der Waals surface area contributed by atoms with Crippen LogP contribution in [0.4, 0.5) is 0 Å². The Morgan fingerprint density at radius 2 is 1.55 bits per heavy atom. The minimum Gasteiger partial charge on any atom is -0.348 e. The van der Waals surface area contributed by atoms with Crippen LogP contribution in [0, 0.1) is 5.41 Å². The van der Waals surface area contributed by atoms with Crippen molar-refractivity contribution in [1.82, 2.24) is 0 Å². The molecule has 0 bridgehead atoms. The molecule has 1 aliphatic carbocycles. The van der Waals surface area contributed by atoms with Gasteiger partial charge in [-0.2, -0.15) is 0 Å². The lowest BCUT2D eigenvalue weighted by molar-refractivity contribution is -0.196. The summed E-state index contributed by atoms with van der Waals surface area (Å²) in [5, 5.41) is 0. The maximum absolute atomic E-state index is 5.83. The van der Waals surface area contributed by atoms with Gasteiger partial charge in [-0.05, 0) is 23.8 Å². The zero-order chi connectivity index (χ0) is 16.1. The topological polar surface area (TPSA) is 27.7 Å². The summed E-state index contributed by atoms with van der Waals surface area (Å²) < 4.78 is 17.5. The normalized spacial score (nSPS) is 23.6. The summed E-state index contributed by atoms with van der Waals surface area (Å²) in [6.07, 6.45) is 4.19. The summed E-state index contributed by atoms with van der Waals surface area (Å²) in [5.74, 6) is -0.300. The van der Waals surface area contributed by atoms with Crippen LogP contribution in [-0.2, 0) is 12.5 Å². The minimum atomic E-state index is -0.300. The summed E-state index contributed by atoms with van der Waals surface area (Å²) in [5.41, 5.74) is 1.40. The summed E-state index contributed by atoms with van der Waals surface area (Å²) in [6, 6.07) is 10.5. The van der Waals surface area contributed by atoms with E-state index in [0.29, 0.717) is 0 Å². The highest BCUT2D eigenvalue weighted by Crippen LogP contribution is 2.52. The first-order chi connectivity index (χ1) is 10.7. The summed E-state index contributed by atoms with van der Waals surface area (Å²) in [6.45, 7) is 7.80. The SMILES string of the molecule is CC.CC1(C(OI)c2ccccc2)CCC2(CC1)OCCO2. The molecule has 0 amide bonds. The Hall–Kier alpha value is -0.170. The van der Waals surface area contributed by atoms with Crippen LogP contribution in [0.25, 0.3) is 0 Å². The van der Waals surface area contributed by atoms with Gasteiger partial charge in [0.25, 0.3) is 0 Å². The third kappa shape index (κ3) is 3.83. The predicted octanol–water partition coefficient (Wildman–Crippen LogP) is 5.44. The molecule has 3 nitrogen and oxygen atoms in total. The largest absolute Gasteiger partial charge is 0.348 e. The van der Waals surface area contributed by atoms with Crippen LogP contribution in [0.1, 0.15) is 58.1 Å². The Labute approximate surface area is 148 Å². The van der Waals surface area contributed by atoms with Gasteiger partial charge in [0.05, 0.1) is 13.2 Å². The third-order valence-corrected chi connectivity index (χ3v) is 5.30. The Kier molecular flexibility index (Phi) is 6.68. The summed E-state index contributed by atoms with van der Waals surface area (Å²) >= 11 is 2.04. The van der Waals surface area contributed by atoms with Crippen LogP contribution in [0.5, 0.6) is 0 Å². The predicted molar refractivity (Wildman–Crippen MR) is 96.8 cm³/mol. The molecular formula is C18H27IO3. The average Bonchev–Trinajstić information content (AvgIpc) is 3.03. The summed E-state index contributed by atoms with van der Waals surface area (Å²) in [7, 11) is 0. The molecule has 1 heterocycles. The van der Waals surface area contributed by atoms with Gasteiger partial charge in [0.2, 0.25) is 0 Å². The molecule has 1 unspecified atom stereocenters. The van der Waals surface area contributed by atoms with E-state index < -0.39 is 0 Å². The zero-order valence-corrected chi connectivity index (χ0v) is 16.0. The molecular weight excluding hydrogens is 391 g/mol. The van der Waals surface area contributed by atoms with E-state index in [-0.39, 0.29) is 17.3 Å². The number of halogens is 1. The number of rotatable bonds is 3. The van der Waals surface area contributed by atoms with Gasteiger partial charge in [-0.15, -0.1) is 0 Å². The van der Waals surface area contributed by atoms with E-state index in [2.05, 4.69) is 31.2 Å². The Balaban J connectivity index is 0.000000847. The molecule has 1 aliphatic heterocycles. The highest BCUT2D eigenvalue weighted by molar-refractivity contribution is 14.1. The van der Waals surface area contributed by atoms with Crippen LogP contribution in [0.2, 0.25) is 0 Å². The van der Waals surface area contributed by atoms with E-state index in [4.69, 9.17) is 12.5 Å². The maximum atomic E-state index is 5.83. The molecule has 3 rings (SSSR count). The third-order valence-electron chi connectivity index (χ3n) is 4.79. The molecule has 1 spiro atoms. The lowest BCUT2D eigenvalue weighted by Crippen LogP contribution is -2.41. The summed E-state index contributed by atoms with van der Waals surface area (Å²) in [4.78, 5) is 0. The molecule has 22 heavy (non-hydrogen) atoms. The number of benzene rings is 1. The van der Waals surface area contributed by atoms with Crippen molar-refractivity contribution < 1.29 is 12.5 Å². The van der Waals surface area contributed by atoms with Gasteiger partial charge in [-0.1, -0.05) is 51.1 Å². The molecule has 0 aromatic heterocycles. The second-order valence-corrected chi connectivity index (χ2v) is 6.65. The highest BCUT2D eigenvalue weighted by Gasteiger charge is 2.47. The maximum Gasteiger partial charge on any atom is 0.168 e.